The van der Waals surface area contributed by atoms with Gasteiger partial charge >= 0.3 is 6.18 Å². The van der Waals surface area contributed by atoms with Crippen molar-refractivity contribution in [3.05, 3.63) is 68.7 Å². The van der Waals surface area contributed by atoms with Crippen LogP contribution in [0, 0.1) is 13.8 Å². The summed E-state index contributed by atoms with van der Waals surface area (Å²) in [4.78, 5) is 0.371. The van der Waals surface area contributed by atoms with Crippen LogP contribution in [0.25, 0.3) is 6.08 Å². The molecule has 0 spiro atoms. The highest BCUT2D eigenvalue weighted by Crippen LogP contribution is 2.39. The summed E-state index contributed by atoms with van der Waals surface area (Å²) in [5.41, 5.74) is 1.68. The number of hydrogen-bond acceptors (Lipinski definition) is 1. The maximum absolute atomic E-state index is 13.5. The Kier molecular flexibility index (Phi) is 6.46. The third kappa shape index (κ3) is 4.93. The van der Waals surface area contributed by atoms with Gasteiger partial charge in [-0.15, -0.1) is 0 Å². The van der Waals surface area contributed by atoms with Gasteiger partial charge in [0.25, 0.3) is 0 Å². The Labute approximate surface area is 158 Å². The minimum Gasteiger partial charge on any atom is -0.170 e. The van der Waals surface area contributed by atoms with Crippen LogP contribution in [0.4, 0.5) is 17.1 Å². The number of rotatable bonds is 4. The Morgan fingerprint density at radius 3 is 2.28 bits per heavy atom. The van der Waals surface area contributed by atoms with Crippen LogP contribution in [0.15, 0.2) is 41.3 Å². The summed E-state index contributed by atoms with van der Waals surface area (Å²) in [6.07, 6.45) is -2.13. The summed E-state index contributed by atoms with van der Waals surface area (Å²) in [6, 6.07) is 7.39. The van der Waals surface area contributed by atoms with Crippen molar-refractivity contribution in [2.75, 3.05) is 0 Å². The first-order valence-corrected chi connectivity index (χ1v) is 8.70. The van der Waals surface area contributed by atoms with Crippen LogP contribution in [0.5, 0.6) is 0 Å². The van der Waals surface area contributed by atoms with Crippen LogP contribution in [0.2, 0.25) is 10.0 Å². The van der Waals surface area contributed by atoms with Crippen molar-refractivity contribution in [1.29, 1.82) is 0 Å². The summed E-state index contributed by atoms with van der Waals surface area (Å²) in [5.74, 6) is -1.84. The van der Waals surface area contributed by atoms with Crippen molar-refractivity contribution in [2.45, 2.75) is 30.8 Å². The second-order valence-corrected chi connectivity index (χ2v) is 6.99. The fourth-order valence-corrected chi connectivity index (χ4v) is 3.11. The van der Waals surface area contributed by atoms with E-state index in [0.29, 0.717) is 16.0 Å². The van der Waals surface area contributed by atoms with E-state index < -0.39 is 12.1 Å². The fraction of sp³-hybridized carbons (Fsp3) is 0.222. The Hall–Kier alpha value is -1.17. The molecule has 2 rings (SSSR count). The summed E-state index contributed by atoms with van der Waals surface area (Å²) < 4.78 is 53.3. The lowest BCUT2D eigenvalue weighted by atomic mass is 9.95. The van der Waals surface area contributed by atoms with E-state index in [4.69, 9.17) is 23.2 Å². The van der Waals surface area contributed by atoms with Gasteiger partial charge in [0.05, 0.1) is 28.1 Å². The molecule has 134 valence electrons. The summed E-state index contributed by atoms with van der Waals surface area (Å²) in [5, 5.41) is 0.309. The van der Waals surface area contributed by atoms with Crippen LogP contribution >= 0.6 is 35.3 Å². The van der Waals surface area contributed by atoms with Gasteiger partial charge in [-0.3, -0.25) is 0 Å². The largest absolute Gasteiger partial charge is 0.399 e. The number of hydrogen-bond donors (Lipinski definition) is 0. The number of allylic oxidation sites excluding steroid dienone is 1. The van der Waals surface area contributed by atoms with Gasteiger partial charge in [-0.25, -0.2) is 0 Å². The predicted molar refractivity (Wildman–Crippen MR) is 97.2 cm³/mol. The van der Waals surface area contributed by atoms with Gasteiger partial charge in [0.15, 0.2) is 0 Å². The van der Waals surface area contributed by atoms with Gasteiger partial charge in [-0.1, -0.05) is 53.6 Å². The molecule has 0 radical (unpaired) electrons. The van der Waals surface area contributed by atoms with Crippen molar-refractivity contribution in [3.63, 3.8) is 0 Å². The summed E-state index contributed by atoms with van der Waals surface area (Å²) in [7, 11) is 0. The minimum atomic E-state index is -4.50. The smallest absolute Gasteiger partial charge is 0.170 e. The van der Waals surface area contributed by atoms with E-state index in [1.807, 2.05) is 0 Å². The monoisotopic (exact) mass is 408 g/mol. The molecule has 0 aliphatic rings. The van der Waals surface area contributed by atoms with Gasteiger partial charge in [-0.05, 0) is 48.2 Å². The van der Waals surface area contributed by atoms with E-state index in [9.17, 15) is 17.1 Å². The molecule has 0 nitrogen and oxygen atoms in total. The van der Waals surface area contributed by atoms with Crippen molar-refractivity contribution in [3.8, 4) is 0 Å². The van der Waals surface area contributed by atoms with Crippen LogP contribution in [-0.2, 0) is 0 Å². The Bertz CT molecular complexity index is 777. The molecule has 0 bridgehead atoms. The molecule has 2 aromatic rings. The molecule has 0 N–H and O–H groups in total. The highest BCUT2D eigenvalue weighted by atomic mass is 35.5. The predicted octanol–water partition coefficient (Wildman–Crippen LogP) is 7.95. The van der Waals surface area contributed by atoms with Crippen molar-refractivity contribution in [1.82, 2.24) is 0 Å². The second-order valence-electron chi connectivity index (χ2n) is 5.61. The lowest BCUT2D eigenvalue weighted by Gasteiger charge is -2.19. The first kappa shape index (κ1) is 20.1. The van der Waals surface area contributed by atoms with Crippen molar-refractivity contribution >= 4 is 41.4 Å². The number of aryl methyl sites for hydroxylation is 2. The van der Waals surface area contributed by atoms with Gasteiger partial charge in [0, 0.05) is 4.90 Å². The molecule has 0 aliphatic carbocycles. The normalized spacial score (nSPS) is 13.4. The molecule has 2 aromatic carbocycles. The lowest BCUT2D eigenvalue weighted by Crippen LogP contribution is -2.19. The highest BCUT2D eigenvalue weighted by Gasteiger charge is 2.39. The fourth-order valence-electron chi connectivity index (χ4n) is 2.35. The SMILES string of the molecule is Cc1ccc(/C=C/C(c2cc(C)c(Cl)c(Cl)c2)C(F)(F)F)cc1SF. The molecule has 25 heavy (non-hydrogen) atoms. The Morgan fingerprint density at radius 1 is 1.04 bits per heavy atom. The number of benzene rings is 2. The molecule has 7 heteroatoms. The third-order valence-electron chi connectivity index (χ3n) is 3.72. The number of halogens is 6. The molecule has 1 atom stereocenters. The first-order valence-electron chi connectivity index (χ1n) is 7.23. The van der Waals surface area contributed by atoms with Gasteiger partial charge in [0.1, 0.15) is 0 Å². The zero-order valence-corrected chi connectivity index (χ0v) is 15.6. The van der Waals surface area contributed by atoms with Gasteiger partial charge < -0.3 is 0 Å². The Morgan fingerprint density at radius 2 is 1.72 bits per heavy atom. The maximum atomic E-state index is 13.5. The van der Waals surface area contributed by atoms with Crippen LogP contribution in [0.1, 0.15) is 28.2 Å². The average molecular weight is 409 g/mol. The molecule has 0 aromatic heterocycles. The van der Waals surface area contributed by atoms with Gasteiger partial charge in [-0.2, -0.15) is 17.1 Å². The molecular weight excluding hydrogens is 395 g/mol. The molecule has 0 amide bonds. The summed E-state index contributed by atoms with van der Waals surface area (Å²) in [6.45, 7) is 3.33. The first-order chi connectivity index (χ1) is 11.6. The minimum absolute atomic E-state index is 0.00264. The van der Waals surface area contributed by atoms with E-state index in [-0.39, 0.29) is 27.8 Å². The second kappa shape index (κ2) is 8.02. The average Bonchev–Trinajstić information content (AvgIpc) is 2.52. The maximum Gasteiger partial charge on any atom is 0.399 e. The molecule has 0 saturated heterocycles. The topological polar surface area (TPSA) is 0 Å². The molecule has 0 fully saturated rings. The molecular formula is C18H14Cl2F4S. The molecule has 0 saturated carbocycles. The zero-order chi connectivity index (χ0) is 18.8. The third-order valence-corrected chi connectivity index (χ3v) is 5.22. The quantitative estimate of drug-likeness (QED) is 0.462. The van der Waals surface area contributed by atoms with Crippen LogP contribution < -0.4 is 0 Å². The molecule has 0 heterocycles. The summed E-state index contributed by atoms with van der Waals surface area (Å²) >= 11 is 11.9. The van der Waals surface area contributed by atoms with Gasteiger partial charge in [0.2, 0.25) is 0 Å². The van der Waals surface area contributed by atoms with Crippen molar-refractivity contribution in [2.24, 2.45) is 0 Å². The van der Waals surface area contributed by atoms with E-state index in [0.717, 1.165) is 11.6 Å². The van der Waals surface area contributed by atoms with E-state index in [2.05, 4.69) is 0 Å². The highest BCUT2D eigenvalue weighted by molar-refractivity contribution is 7.94. The van der Waals surface area contributed by atoms with E-state index in [1.165, 1.54) is 24.3 Å². The van der Waals surface area contributed by atoms with Crippen LogP contribution in [-0.4, -0.2) is 6.18 Å². The molecule has 0 aliphatic heterocycles. The van der Waals surface area contributed by atoms with E-state index >= 15 is 0 Å². The number of alkyl halides is 3. The zero-order valence-electron chi connectivity index (χ0n) is 13.3. The van der Waals surface area contributed by atoms with E-state index in [1.54, 1.807) is 26.0 Å². The Balaban J connectivity index is 2.43. The molecule has 1 unspecified atom stereocenters. The van der Waals surface area contributed by atoms with Crippen LogP contribution in [0.3, 0.4) is 0 Å². The lowest BCUT2D eigenvalue weighted by molar-refractivity contribution is -0.139. The van der Waals surface area contributed by atoms with Crippen molar-refractivity contribution < 1.29 is 17.1 Å². The standard InChI is InChI=1S/C18H14Cl2F4S/c1-10-3-4-12(8-16(10)25-24)5-6-14(18(21,22)23)13-7-11(2)17(20)15(19)9-13/h3-9,14H,1-2H3/b6-5+.